The molecule has 0 saturated carbocycles. The summed E-state index contributed by atoms with van der Waals surface area (Å²) in [6.45, 7) is 0.174. The molecule has 41 valence electrons. The maximum absolute atomic E-state index is 9.74. The smallest absolute Gasteiger partial charge is 0.222 e. The van der Waals surface area contributed by atoms with Crippen LogP contribution in [-0.2, 0) is 11.3 Å². The van der Waals surface area contributed by atoms with E-state index in [9.17, 15) is 4.79 Å². The molecule has 0 amide bonds. The Bertz CT molecular complexity index is 158. The van der Waals surface area contributed by atoms with E-state index in [0.717, 1.165) is 0 Å². The zero-order valence-electron chi connectivity index (χ0n) is 3.98. The van der Waals surface area contributed by atoms with Crippen molar-refractivity contribution in [2.45, 2.75) is 6.54 Å². The van der Waals surface area contributed by atoms with E-state index in [1.165, 1.54) is 4.68 Å². The van der Waals surface area contributed by atoms with Crippen LogP contribution in [0.4, 0.5) is 0 Å². The van der Waals surface area contributed by atoms with Crippen molar-refractivity contribution in [2.24, 2.45) is 0 Å². The fourth-order valence-corrected chi connectivity index (χ4v) is 0.308. The molecule has 0 spiro atoms. The second-order valence-electron chi connectivity index (χ2n) is 1.13. The van der Waals surface area contributed by atoms with Gasteiger partial charge in [-0.05, 0) is 10.4 Å². The SMILES string of the molecule is O=CCn1[c]nnn1. The highest BCUT2D eigenvalue weighted by atomic mass is 16.1. The molecule has 1 aromatic heterocycles. The summed E-state index contributed by atoms with van der Waals surface area (Å²) in [6, 6.07) is 0. The van der Waals surface area contributed by atoms with Crippen LogP contribution in [0.25, 0.3) is 0 Å². The van der Waals surface area contributed by atoms with Crippen LogP contribution < -0.4 is 0 Å². The lowest BCUT2D eigenvalue weighted by Gasteiger charge is -1.81. The first kappa shape index (κ1) is 4.89. The summed E-state index contributed by atoms with van der Waals surface area (Å²) in [5, 5.41) is 9.82. The third-order valence-electron chi connectivity index (χ3n) is 0.600. The first-order chi connectivity index (χ1) is 3.93. The summed E-state index contributed by atoms with van der Waals surface area (Å²) in [7, 11) is 0. The topological polar surface area (TPSA) is 60.7 Å². The van der Waals surface area contributed by atoms with Crippen LogP contribution in [0.5, 0.6) is 0 Å². The minimum atomic E-state index is 0.174. The summed E-state index contributed by atoms with van der Waals surface area (Å²) in [5.74, 6) is 0. The minimum Gasteiger partial charge on any atom is -0.301 e. The standard InChI is InChI=1S/C3H3N4O/c8-2-1-7-3-4-5-6-7/h2H,1H2. The van der Waals surface area contributed by atoms with Crippen LogP contribution in [0.1, 0.15) is 0 Å². The van der Waals surface area contributed by atoms with E-state index in [1.54, 1.807) is 0 Å². The van der Waals surface area contributed by atoms with Crippen LogP contribution >= 0.6 is 0 Å². The third kappa shape index (κ3) is 0.868. The maximum Gasteiger partial charge on any atom is 0.222 e. The number of aromatic nitrogens is 4. The second-order valence-corrected chi connectivity index (χ2v) is 1.13. The molecule has 0 bridgehead atoms. The van der Waals surface area contributed by atoms with Gasteiger partial charge < -0.3 is 4.79 Å². The molecule has 0 fully saturated rings. The predicted octanol–water partition coefficient (Wildman–Crippen LogP) is -1.33. The van der Waals surface area contributed by atoms with E-state index in [-0.39, 0.29) is 6.54 Å². The molecule has 0 N–H and O–H groups in total. The zero-order chi connectivity index (χ0) is 5.82. The molecule has 0 aromatic carbocycles. The van der Waals surface area contributed by atoms with Gasteiger partial charge in [0.25, 0.3) is 0 Å². The fraction of sp³-hybridized carbons (Fsp3) is 0.333. The van der Waals surface area contributed by atoms with Gasteiger partial charge >= 0.3 is 0 Å². The molecule has 1 radical (unpaired) electrons. The summed E-state index contributed by atoms with van der Waals surface area (Å²) in [5.41, 5.74) is 0. The highest BCUT2D eigenvalue weighted by Gasteiger charge is 1.86. The van der Waals surface area contributed by atoms with Crippen molar-refractivity contribution in [3.63, 3.8) is 0 Å². The lowest BCUT2D eigenvalue weighted by Crippen LogP contribution is -1.99. The number of nitrogens with zero attached hydrogens (tertiary/aromatic N) is 4. The minimum absolute atomic E-state index is 0.174. The van der Waals surface area contributed by atoms with Crippen molar-refractivity contribution >= 4 is 6.29 Å². The van der Waals surface area contributed by atoms with Gasteiger partial charge in [0, 0.05) is 0 Å². The van der Waals surface area contributed by atoms with Crippen LogP contribution in [0, 0.1) is 6.33 Å². The lowest BCUT2D eigenvalue weighted by molar-refractivity contribution is -0.108. The van der Waals surface area contributed by atoms with E-state index in [0.29, 0.717) is 6.29 Å². The Labute approximate surface area is 45.3 Å². The van der Waals surface area contributed by atoms with Crippen LogP contribution in [-0.4, -0.2) is 26.5 Å². The molecular formula is C3H3N4O. The Kier molecular flexibility index (Phi) is 1.32. The number of carbonyl (C=O) groups excluding carboxylic acids is 1. The van der Waals surface area contributed by atoms with Crippen LogP contribution in [0.15, 0.2) is 0 Å². The highest BCUT2D eigenvalue weighted by molar-refractivity contribution is 5.48. The second kappa shape index (κ2) is 2.15. The molecule has 0 aliphatic rings. The van der Waals surface area contributed by atoms with Crippen LogP contribution in [0.3, 0.4) is 0 Å². The Balaban J connectivity index is 2.62. The molecule has 0 saturated heterocycles. The molecule has 1 aromatic rings. The van der Waals surface area contributed by atoms with Crippen molar-refractivity contribution in [1.29, 1.82) is 0 Å². The average molecular weight is 111 g/mol. The largest absolute Gasteiger partial charge is 0.301 e. The predicted molar refractivity (Wildman–Crippen MR) is 22.7 cm³/mol. The third-order valence-corrected chi connectivity index (χ3v) is 0.600. The van der Waals surface area contributed by atoms with Crippen molar-refractivity contribution in [1.82, 2.24) is 20.2 Å². The fourth-order valence-electron chi connectivity index (χ4n) is 0.308. The molecule has 8 heavy (non-hydrogen) atoms. The molecule has 1 heterocycles. The van der Waals surface area contributed by atoms with Gasteiger partial charge in [-0.3, -0.25) is 0 Å². The summed E-state index contributed by atoms with van der Waals surface area (Å²) in [4.78, 5) is 9.74. The van der Waals surface area contributed by atoms with E-state index in [1.807, 2.05) is 0 Å². The van der Waals surface area contributed by atoms with Gasteiger partial charge in [-0.15, -0.1) is 5.10 Å². The number of aldehydes is 1. The molecule has 5 nitrogen and oxygen atoms in total. The summed E-state index contributed by atoms with van der Waals surface area (Å²) in [6.07, 6.45) is 3.05. The molecule has 1 rings (SSSR count). The first-order valence-corrected chi connectivity index (χ1v) is 2.01. The Morgan fingerprint density at radius 2 is 2.62 bits per heavy atom. The molecule has 0 aliphatic heterocycles. The first-order valence-electron chi connectivity index (χ1n) is 2.01. The Morgan fingerprint density at radius 1 is 1.75 bits per heavy atom. The number of hydrogen-bond acceptors (Lipinski definition) is 4. The van der Waals surface area contributed by atoms with Crippen molar-refractivity contribution in [3.8, 4) is 0 Å². The van der Waals surface area contributed by atoms with E-state index >= 15 is 0 Å². The molecule has 0 aliphatic carbocycles. The molecule has 0 atom stereocenters. The van der Waals surface area contributed by atoms with Gasteiger partial charge in [0.15, 0.2) is 0 Å². The summed E-state index contributed by atoms with van der Waals surface area (Å²) >= 11 is 0. The van der Waals surface area contributed by atoms with E-state index in [2.05, 4.69) is 21.9 Å². The molecular weight excluding hydrogens is 108 g/mol. The van der Waals surface area contributed by atoms with E-state index in [4.69, 9.17) is 0 Å². The Morgan fingerprint density at radius 3 is 3.12 bits per heavy atom. The zero-order valence-corrected chi connectivity index (χ0v) is 3.98. The normalized spacial score (nSPS) is 9.00. The van der Waals surface area contributed by atoms with Gasteiger partial charge in [-0.2, -0.15) is 0 Å². The van der Waals surface area contributed by atoms with Crippen molar-refractivity contribution in [2.75, 3.05) is 0 Å². The van der Waals surface area contributed by atoms with Gasteiger partial charge in [-0.1, -0.05) is 0 Å². The summed E-state index contributed by atoms with van der Waals surface area (Å²) < 4.78 is 1.22. The average Bonchev–Trinajstić information content (AvgIpc) is 2.19. The Hall–Kier alpha value is -1.26. The number of hydrogen-bond donors (Lipinski definition) is 0. The number of carbonyl (C=O) groups is 1. The monoisotopic (exact) mass is 111 g/mol. The van der Waals surface area contributed by atoms with Gasteiger partial charge in [0.1, 0.15) is 12.8 Å². The van der Waals surface area contributed by atoms with Crippen molar-refractivity contribution < 1.29 is 4.79 Å². The number of rotatable bonds is 2. The highest BCUT2D eigenvalue weighted by Crippen LogP contribution is 1.68. The maximum atomic E-state index is 9.74. The van der Waals surface area contributed by atoms with Crippen LogP contribution in [0.2, 0.25) is 0 Å². The van der Waals surface area contributed by atoms with E-state index < -0.39 is 0 Å². The molecule has 5 heteroatoms. The van der Waals surface area contributed by atoms with Gasteiger partial charge in [0.2, 0.25) is 6.33 Å². The molecule has 0 unspecified atom stereocenters. The van der Waals surface area contributed by atoms with Crippen molar-refractivity contribution in [3.05, 3.63) is 6.33 Å². The lowest BCUT2D eigenvalue weighted by atomic mass is 10.7. The van der Waals surface area contributed by atoms with Gasteiger partial charge in [0.05, 0.1) is 0 Å². The number of tetrazole rings is 1. The van der Waals surface area contributed by atoms with Gasteiger partial charge in [-0.25, -0.2) is 4.68 Å². The quantitative estimate of drug-likeness (QED) is 0.444.